The molecule has 0 aliphatic rings. The van der Waals surface area contributed by atoms with Gasteiger partial charge < -0.3 is 0 Å². The summed E-state index contributed by atoms with van der Waals surface area (Å²) in [6.45, 7) is 1.46. The number of hydrogen-bond acceptors (Lipinski definition) is 6. The van der Waals surface area contributed by atoms with Crippen molar-refractivity contribution in [3.63, 3.8) is 0 Å². The van der Waals surface area contributed by atoms with Crippen molar-refractivity contribution in [2.24, 2.45) is 0 Å². The van der Waals surface area contributed by atoms with Gasteiger partial charge in [-0.15, -0.1) is 0 Å². The quantitative estimate of drug-likeness (QED) is 0.709. The summed E-state index contributed by atoms with van der Waals surface area (Å²) in [6.07, 6.45) is 0.995. The van der Waals surface area contributed by atoms with Gasteiger partial charge in [-0.2, -0.15) is 0 Å². The van der Waals surface area contributed by atoms with Crippen molar-refractivity contribution in [2.75, 3.05) is 19.3 Å². The highest BCUT2D eigenvalue weighted by molar-refractivity contribution is 7.91. The molecule has 0 atom stereocenters. The van der Waals surface area contributed by atoms with Gasteiger partial charge in [-0.3, -0.25) is 0 Å². The summed E-state index contributed by atoms with van der Waals surface area (Å²) in [5.41, 5.74) is 0.313. The molecule has 0 aliphatic heterocycles. The van der Waals surface area contributed by atoms with Crippen molar-refractivity contribution in [3.05, 3.63) is 10.2 Å². The number of nitrogens with one attached hydrogen (secondary N) is 2. The maximum atomic E-state index is 11.8. The molecule has 1 rings (SSSR count). The molecule has 0 fully saturated rings. The first-order chi connectivity index (χ1) is 8.12. The second-order valence-corrected chi connectivity index (χ2v) is 8.78. The molecule has 0 aromatic carbocycles. The van der Waals surface area contributed by atoms with Crippen LogP contribution in [0.25, 0.3) is 0 Å². The van der Waals surface area contributed by atoms with E-state index in [0.717, 1.165) is 17.6 Å². The molecule has 0 unspecified atom stereocenters. The zero-order valence-electron chi connectivity index (χ0n) is 9.60. The normalized spacial score (nSPS) is 12.8. The summed E-state index contributed by atoms with van der Waals surface area (Å²) in [5, 5.41) is 0. The number of halogens is 1. The Hall–Kier alpha value is -0.260. The molecule has 1 heterocycles. The number of aryl methyl sites for hydroxylation is 1. The fourth-order valence-electron chi connectivity index (χ4n) is 1.09. The topological polar surface area (TPSA) is 105 Å². The molecule has 1 aromatic rings. The van der Waals surface area contributed by atoms with Crippen LogP contribution in [0.5, 0.6) is 0 Å². The van der Waals surface area contributed by atoms with E-state index in [0.29, 0.717) is 5.69 Å². The predicted octanol–water partition coefficient (Wildman–Crippen LogP) is -0.0676. The van der Waals surface area contributed by atoms with Crippen LogP contribution in [0.4, 0.5) is 0 Å². The zero-order chi connectivity index (χ0) is 14.0. The Bertz CT molecular complexity index is 622. The van der Waals surface area contributed by atoms with E-state index < -0.39 is 20.0 Å². The molecule has 11 heteroatoms. The summed E-state index contributed by atoms with van der Waals surface area (Å²) >= 11 is 6.47. The molecule has 0 spiro atoms. The number of aromatic nitrogens is 1. The van der Waals surface area contributed by atoms with Gasteiger partial charge in [0.05, 0.1) is 11.9 Å². The van der Waals surface area contributed by atoms with E-state index in [-0.39, 0.29) is 21.8 Å². The molecular formula is C7H12ClN3O4S3. The Labute approximate surface area is 115 Å². The summed E-state index contributed by atoms with van der Waals surface area (Å²) in [6, 6.07) is 0. The van der Waals surface area contributed by atoms with Gasteiger partial charge in [0, 0.05) is 13.1 Å². The molecule has 2 N–H and O–H groups in total. The van der Waals surface area contributed by atoms with Crippen LogP contribution >= 0.6 is 22.9 Å². The molecule has 7 nitrogen and oxygen atoms in total. The lowest BCUT2D eigenvalue weighted by atomic mass is 10.6. The Kier molecular flexibility index (Phi) is 5.09. The van der Waals surface area contributed by atoms with Crippen LogP contribution in [0, 0.1) is 6.92 Å². The number of hydrogen-bond donors (Lipinski definition) is 2. The lowest BCUT2D eigenvalue weighted by molar-refractivity contribution is 0.574. The van der Waals surface area contributed by atoms with Gasteiger partial charge in [-0.1, -0.05) is 22.9 Å². The summed E-state index contributed by atoms with van der Waals surface area (Å²) < 4.78 is 49.8. The number of nitrogens with zero attached hydrogens (tertiary/aromatic N) is 1. The molecule has 0 radical (unpaired) electrons. The lowest BCUT2D eigenvalue weighted by Crippen LogP contribution is -2.34. The van der Waals surface area contributed by atoms with Crippen LogP contribution in [0.1, 0.15) is 5.69 Å². The van der Waals surface area contributed by atoms with Crippen molar-refractivity contribution in [1.82, 2.24) is 14.4 Å². The molecule has 18 heavy (non-hydrogen) atoms. The highest BCUT2D eigenvalue weighted by Crippen LogP contribution is 2.26. The van der Waals surface area contributed by atoms with Crippen LogP contribution in [0.3, 0.4) is 0 Å². The average Bonchev–Trinajstić information content (AvgIpc) is 2.52. The first-order valence-corrected chi connectivity index (χ1v) is 9.26. The maximum Gasteiger partial charge on any atom is 0.252 e. The first kappa shape index (κ1) is 15.8. The van der Waals surface area contributed by atoms with Gasteiger partial charge in [0.2, 0.25) is 10.0 Å². The van der Waals surface area contributed by atoms with E-state index in [4.69, 9.17) is 11.6 Å². The van der Waals surface area contributed by atoms with Crippen LogP contribution in [-0.4, -0.2) is 41.2 Å². The van der Waals surface area contributed by atoms with Crippen molar-refractivity contribution in [2.45, 2.75) is 11.1 Å². The van der Waals surface area contributed by atoms with E-state index in [1.807, 2.05) is 0 Å². The SMILES string of the molecule is Cc1nc(Cl)sc1S(=O)(=O)NCCNS(C)(=O)=O. The van der Waals surface area contributed by atoms with Crippen molar-refractivity contribution in [1.29, 1.82) is 0 Å². The highest BCUT2D eigenvalue weighted by Gasteiger charge is 2.20. The van der Waals surface area contributed by atoms with Crippen molar-refractivity contribution in [3.8, 4) is 0 Å². The van der Waals surface area contributed by atoms with E-state index in [1.54, 1.807) is 0 Å². The third-order valence-electron chi connectivity index (χ3n) is 1.75. The smallest absolute Gasteiger partial charge is 0.229 e. The minimum absolute atomic E-state index is 0.0242. The largest absolute Gasteiger partial charge is 0.252 e. The van der Waals surface area contributed by atoms with Gasteiger partial charge in [0.1, 0.15) is 0 Å². The van der Waals surface area contributed by atoms with Crippen LogP contribution in [0.2, 0.25) is 4.47 Å². The Morgan fingerprint density at radius 3 is 2.22 bits per heavy atom. The fourth-order valence-corrected chi connectivity index (χ4v) is 4.37. The monoisotopic (exact) mass is 333 g/mol. The second-order valence-electron chi connectivity index (χ2n) is 3.40. The molecule has 0 saturated carbocycles. The third kappa shape index (κ3) is 4.78. The van der Waals surface area contributed by atoms with Crippen LogP contribution in [0.15, 0.2) is 4.21 Å². The highest BCUT2D eigenvalue weighted by atomic mass is 35.5. The van der Waals surface area contributed by atoms with Gasteiger partial charge in [0.25, 0.3) is 10.0 Å². The molecule has 0 bridgehead atoms. The Balaban J connectivity index is 2.64. The average molecular weight is 334 g/mol. The van der Waals surface area contributed by atoms with Crippen LogP contribution < -0.4 is 9.44 Å². The van der Waals surface area contributed by atoms with E-state index in [1.165, 1.54) is 6.92 Å². The van der Waals surface area contributed by atoms with E-state index in [2.05, 4.69) is 14.4 Å². The minimum Gasteiger partial charge on any atom is -0.229 e. The molecule has 0 saturated heterocycles. The maximum absolute atomic E-state index is 11.8. The summed E-state index contributed by atoms with van der Waals surface area (Å²) in [5.74, 6) is 0. The minimum atomic E-state index is -3.70. The molecule has 0 aliphatic carbocycles. The number of rotatable bonds is 6. The Morgan fingerprint density at radius 2 is 1.78 bits per heavy atom. The summed E-state index contributed by atoms with van der Waals surface area (Å²) in [7, 11) is -7.03. The van der Waals surface area contributed by atoms with Gasteiger partial charge in [0.15, 0.2) is 8.68 Å². The molecule has 104 valence electrons. The molecule has 0 amide bonds. The van der Waals surface area contributed by atoms with Gasteiger partial charge in [-0.05, 0) is 6.92 Å². The fraction of sp³-hybridized carbons (Fsp3) is 0.571. The zero-order valence-corrected chi connectivity index (χ0v) is 12.8. The molecular weight excluding hydrogens is 322 g/mol. The van der Waals surface area contributed by atoms with Crippen molar-refractivity contribution < 1.29 is 16.8 Å². The Morgan fingerprint density at radius 1 is 1.22 bits per heavy atom. The second kappa shape index (κ2) is 5.80. The van der Waals surface area contributed by atoms with E-state index >= 15 is 0 Å². The van der Waals surface area contributed by atoms with Crippen LogP contribution in [-0.2, 0) is 20.0 Å². The predicted molar refractivity (Wildman–Crippen MR) is 69.9 cm³/mol. The number of thiazole rings is 1. The number of sulfonamides is 2. The molecule has 1 aromatic heterocycles. The van der Waals surface area contributed by atoms with Gasteiger partial charge in [-0.25, -0.2) is 31.3 Å². The summed E-state index contributed by atoms with van der Waals surface area (Å²) in [4.78, 5) is 3.80. The lowest BCUT2D eigenvalue weighted by Gasteiger charge is -2.05. The standard InChI is InChI=1S/C7H12ClN3O4S3/c1-5-6(16-7(8)11-5)18(14,15)10-4-3-9-17(2,12)13/h9-10H,3-4H2,1-2H3. The first-order valence-electron chi connectivity index (χ1n) is 4.69. The third-order valence-corrected chi connectivity index (χ3v) is 5.81. The van der Waals surface area contributed by atoms with Crippen molar-refractivity contribution >= 4 is 43.0 Å². The van der Waals surface area contributed by atoms with Gasteiger partial charge >= 0.3 is 0 Å². The van der Waals surface area contributed by atoms with E-state index in [9.17, 15) is 16.8 Å².